The van der Waals surface area contributed by atoms with Gasteiger partial charge in [0.05, 0.1) is 6.54 Å². The summed E-state index contributed by atoms with van der Waals surface area (Å²) in [5.41, 5.74) is 0. The molecule has 1 aliphatic rings. The fourth-order valence-corrected chi connectivity index (χ4v) is 1.62. The van der Waals surface area contributed by atoms with E-state index in [1.54, 1.807) is 0 Å². The summed E-state index contributed by atoms with van der Waals surface area (Å²) in [5.74, 6) is -3.88. The fourth-order valence-electron chi connectivity index (χ4n) is 1.62. The maximum Gasteiger partial charge on any atom is 0.319 e. The van der Waals surface area contributed by atoms with Gasteiger partial charge in [-0.05, 0) is 39.0 Å². The second kappa shape index (κ2) is 5.65. The zero-order valence-electron chi connectivity index (χ0n) is 8.49. The van der Waals surface area contributed by atoms with E-state index in [2.05, 4.69) is 5.32 Å². The molecule has 0 unspecified atom stereocenters. The van der Waals surface area contributed by atoms with Crippen LogP contribution in [0, 0.1) is 0 Å². The van der Waals surface area contributed by atoms with Crippen molar-refractivity contribution in [1.82, 2.24) is 10.2 Å². The van der Waals surface area contributed by atoms with Crippen LogP contribution in [-0.4, -0.2) is 50.0 Å². The van der Waals surface area contributed by atoms with E-state index in [0.29, 0.717) is 13.1 Å². The molecule has 1 heterocycles. The Morgan fingerprint density at radius 2 is 1.67 bits per heavy atom. The maximum atomic E-state index is 12.8. The molecule has 0 saturated carbocycles. The second-order valence-electron chi connectivity index (χ2n) is 3.79. The summed E-state index contributed by atoms with van der Waals surface area (Å²) in [6.45, 7) is 1.60. The van der Waals surface area contributed by atoms with Crippen LogP contribution in [0.15, 0.2) is 0 Å². The van der Waals surface area contributed by atoms with Crippen molar-refractivity contribution in [1.29, 1.82) is 0 Å². The van der Waals surface area contributed by atoms with E-state index < -0.39 is 18.9 Å². The minimum absolute atomic E-state index is 0.454. The van der Waals surface area contributed by atoms with Gasteiger partial charge in [-0.3, -0.25) is 4.90 Å². The highest BCUT2D eigenvalue weighted by Gasteiger charge is 2.42. The Labute approximate surface area is 86.6 Å². The van der Waals surface area contributed by atoms with Crippen molar-refractivity contribution in [3.05, 3.63) is 0 Å². The average molecular weight is 228 g/mol. The quantitative estimate of drug-likeness (QED) is 0.738. The zero-order valence-corrected chi connectivity index (χ0v) is 8.49. The van der Waals surface area contributed by atoms with Gasteiger partial charge in [-0.2, -0.15) is 8.78 Å². The highest BCUT2D eigenvalue weighted by Crippen LogP contribution is 2.24. The molecular formula is C9H16F4N2. The molecule has 2 nitrogen and oxygen atoms in total. The molecule has 0 spiro atoms. The van der Waals surface area contributed by atoms with E-state index in [9.17, 15) is 17.6 Å². The van der Waals surface area contributed by atoms with Gasteiger partial charge in [0.25, 0.3) is 0 Å². The van der Waals surface area contributed by atoms with E-state index in [1.807, 2.05) is 0 Å². The third-order valence-corrected chi connectivity index (χ3v) is 2.41. The highest BCUT2D eigenvalue weighted by atomic mass is 19.3. The lowest BCUT2D eigenvalue weighted by atomic mass is 10.2. The topological polar surface area (TPSA) is 15.3 Å². The molecule has 1 saturated heterocycles. The van der Waals surface area contributed by atoms with Crippen molar-refractivity contribution in [3.63, 3.8) is 0 Å². The van der Waals surface area contributed by atoms with Gasteiger partial charge in [-0.1, -0.05) is 0 Å². The minimum Gasteiger partial charge on any atom is -0.317 e. The Kier molecular flexibility index (Phi) is 4.79. The smallest absolute Gasteiger partial charge is 0.317 e. The van der Waals surface area contributed by atoms with Crippen LogP contribution >= 0.6 is 0 Å². The van der Waals surface area contributed by atoms with Gasteiger partial charge in [0.2, 0.25) is 0 Å². The molecule has 0 aliphatic carbocycles. The van der Waals surface area contributed by atoms with Gasteiger partial charge in [0.15, 0.2) is 0 Å². The van der Waals surface area contributed by atoms with Gasteiger partial charge >= 0.3 is 12.3 Å². The first-order chi connectivity index (χ1) is 7.02. The fraction of sp³-hybridized carbons (Fsp3) is 1.00. The summed E-state index contributed by atoms with van der Waals surface area (Å²) in [7, 11) is 0. The molecule has 0 aromatic carbocycles. The standard InChI is InChI=1S/C9H16F4N2/c10-8(11)9(12,13)7-15-5-1-3-14-4-2-6-15/h8,14H,1-7H2. The van der Waals surface area contributed by atoms with Gasteiger partial charge < -0.3 is 5.32 Å². The Hall–Kier alpha value is -0.360. The summed E-state index contributed by atoms with van der Waals surface area (Å²) in [4.78, 5) is 1.42. The first kappa shape index (κ1) is 12.7. The number of nitrogens with one attached hydrogen (secondary N) is 1. The summed E-state index contributed by atoms with van der Waals surface area (Å²) < 4.78 is 49.4. The van der Waals surface area contributed by atoms with Gasteiger partial charge in [-0.15, -0.1) is 0 Å². The molecule has 0 amide bonds. The normalized spacial score (nSPS) is 21.4. The molecule has 1 N–H and O–H groups in total. The average Bonchev–Trinajstić information content (AvgIpc) is 2.09. The van der Waals surface area contributed by atoms with Crippen LogP contribution in [0.2, 0.25) is 0 Å². The highest BCUT2D eigenvalue weighted by molar-refractivity contribution is 4.76. The third-order valence-electron chi connectivity index (χ3n) is 2.41. The molecule has 0 aromatic heterocycles. The van der Waals surface area contributed by atoms with Crippen molar-refractivity contribution >= 4 is 0 Å². The molecule has 0 radical (unpaired) electrons. The summed E-state index contributed by atoms with van der Waals surface area (Å²) >= 11 is 0. The Balaban J connectivity index is 2.40. The minimum atomic E-state index is -3.88. The largest absolute Gasteiger partial charge is 0.319 e. The zero-order chi connectivity index (χ0) is 11.3. The number of hydrogen-bond acceptors (Lipinski definition) is 2. The Morgan fingerprint density at radius 1 is 1.13 bits per heavy atom. The molecule has 1 fully saturated rings. The van der Waals surface area contributed by atoms with Gasteiger partial charge in [0, 0.05) is 0 Å². The lowest BCUT2D eigenvalue weighted by Crippen LogP contribution is -2.44. The van der Waals surface area contributed by atoms with Gasteiger partial charge in [0.1, 0.15) is 0 Å². The molecule has 15 heavy (non-hydrogen) atoms. The number of nitrogens with zero attached hydrogens (tertiary/aromatic N) is 1. The van der Waals surface area contributed by atoms with E-state index in [0.717, 1.165) is 25.9 Å². The number of alkyl halides is 4. The third kappa shape index (κ3) is 4.34. The van der Waals surface area contributed by atoms with E-state index in [1.165, 1.54) is 4.90 Å². The molecule has 1 aliphatic heterocycles. The molecular weight excluding hydrogens is 212 g/mol. The second-order valence-corrected chi connectivity index (χ2v) is 3.79. The molecule has 1 rings (SSSR count). The Bertz CT molecular complexity index is 179. The van der Waals surface area contributed by atoms with Crippen LogP contribution in [-0.2, 0) is 0 Å². The summed E-state index contributed by atoms with van der Waals surface area (Å²) in [6.07, 6.45) is -2.13. The first-order valence-corrected chi connectivity index (χ1v) is 5.11. The maximum absolute atomic E-state index is 12.8. The lowest BCUT2D eigenvalue weighted by Gasteiger charge is -2.28. The van der Waals surface area contributed by atoms with E-state index >= 15 is 0 Å². The molecule has 90 valence electrons. The van der Waals surface area contributed by atoms with Crippen molar-refractivity contribution in [2.24, 2.45) is 0 Å². The van der Waals surface area contributed by atoms with Crippen LogP contribution in [0.3, 0.4) is 0 Å². The SMILES string of the molecule is FC(F)C(F)(F)CN1CCCNCCC1. The first-order valence-electron chi connectivity index (χ1n) is 5.11. The van der Waals surface area contributed by atoms with Crippen molar-refractivity contribution in [3.8, 4) is 0 Å². The summed E-state index contributed by atoms with van der Waals surface area (Å²) in [6, 6.07) is 0. The predicted octanol–water partition coefficient (Wildman–Crippen LogP) is 1.57. The number of halogens is 4. The van der Waals surface area contributed by atoms with E-state index in [4.69, 9.17) is 0 Å². The van der Waals surface area contributed by atoms with Crippen LogP contribution in [0.1, 0.15) is 12.8 Å². The van der Waals surface area contributed by atoms with Crippen molar-refractivity contribution in [2.45, 2.75) is 25.2 Å². The number of rotatable bonds is 3. The molecule has 0 bridgehead atoms. The molecule has 6 heteroatoms. The van der Waals surface area contributed by atoms with Crippen LogP contribution in [0.4, 0.5) is 17.6 Å². The predicted molar refractivity (Wildman–Crippen MR) is 49.5 cm³/mol. The molecule has 0 aromatic rings. The monoisotopic (exact) mass is 228 g/mol. The van der Waals surface area contributed by atoms with Crippen molar-refractivity contribution < 1.29 is 17.6 Å². The molecule has 0 atom stereocenters. The van der Waals surface area contributed by atoms with Gasteiger partial charge in [-0.25, -0.2) is 8.78 Å². The number of hydrogen-bond donors (Lipinski definition) is 1. The Morgan fingerprint density at radius 3 is 2.13 bits per heavy atom. The van der Waals surface area contributed by atoms with Crippen LogP contribution < -0.4 is 5.32 Å². The van der Waals surface area contributed by atoms with Crippen LogP contribution in [0.5, 0.6) is 0 Å². The summed E-state index contributed by atoms with van der Waals surface area (Å²) in [5, 5.41) is 3.13. The lowest BCUT2D eigenvalue weighted by molar-refractivity contribution is -0.142. The van der Waals surface area contributed by atoms with Crippen molar-refractivity contribution in [2.75, 3.05) is 32.7 Å². The van der Waals surface area contributed by atoms with E-state index in [-0.39, 0.29) is 0 Å². The van der Waals surface area contributed by atoms with Crippen LogP contribution in [0.25, 0.3) is 0 Å².